The molecule has 4 heteroatoms. The van der Waals surface area contributed by atoms with Crippen LogP contribution in [0.2, 0.25) is 0 Å². The van der Waals surface area contributed by atoms with Gasteiger partial charge in [0.1, 0.15) is 0 Å². The fraction of sp³-hybridized carbons (Fsp3) is 0.227. The summed E-state index contributed by atoms with van der Waals surface area (Å²) in [4.78, 5) is 11.9. The molecule has 2 N–H and O–H groups in total. The average Bonchev–Trinajstić information content (AvgIpc) is 2.67. The molecule has 0 aliphatic carbocycles. The van der Waals surface area contributed by atoms with Gasteiger partial charge in [-0.1, -0.05) is 42.5 Å². The third kappa shape index (κ3) is 3.55. The fourth-order valence-corrected chi connectivity index (χ4v) is 2.97. The van der Waals surface area contributed by atoms with Gasteiger partial charge in [0.05, 0.1) is 18.6 Å². The first-order valence-electron chi connectivity index (χ1n) is 8.54. The molecule has 0 amide bonds. The van der Waals surface area contributed by atoms with Crippen LogP contribution in [0.3, 0.4) is 0 Å². The third-order valence-electron chi connectivity index (χ3n) is 4.66. The molecule has 3 aromatic carbocycles. The maximum absolute atomic E-state index is 11.9. The summed E-state index contributed by atoms with van der Waals surface area (Å²) in [6.45, 7) is 3.34. The van der Waals surface area contributed by atoms with Crippen LogP contribution in [0.5, 0.6) is 0 Å². The Morgan fingerprint density at radius 3 is 2.23 bits per heavy atom. The summed E-state index contributed by atoms with van der Waals surface area (Å²) in [6.07, 6.45) is -0.940. The molecule has 0 saturated carbocycles. The van der Waals surface area contributed by atoms with E-state index in [1.165, 1.54) is 17.9 Å². The number of nitrogens with one attached hydrogen (secondary N) is 1. The standard InChI is InChI=1S/C22H23NO3/c1-22(2,21(25)26-3)20(24)16-9-11-18(12-10-16)23-19-13-8-15-6-4-5-7-17(15)14-19/h4-14,20,23-24H,1-3H3. The summed E-state index contributed by atoms with van der Waals surface area (Å²) in [7, 11) is 1.33. The van der Waals surface area contributed by atoms with E-state index in [1.54, 1.807) is 13.8 Å². The molecular formula is C22H23NO3. The van der Waals surface area contributed by atoms with Crippen molar-refractivity contribution in [2.75, 3.05) is 12.4 Å². The lowest BCUT2D eigenvalue weighted by Crippen LogP contribution is -2.32. The van der Waals surface area contributed by atoms with E-state index >= 15 is 0 Å². The van der Waals surface area contributed by atoms with Crippen LogP contribution in [-0.4, -0.2) is 18.2 Å². The topological polar surface area (TPSA) is 58.6 Å². The zero-order chi connectivity index (χ0) is 18.7. The quantitative estimate of drug-likeness (QED) is 0.649. The average molecular weight is 349 g/mol. The first-order chi connectivity index (χ1) is 12.4. The van der Waals surface area contributed by atoms with E-state index in [4.69, 9.17) is 4.74 Å². The number of anilines is 2. The van der Waals surface area contributed by atoms with Crippen molar-refractivity contribution in [1.82, 2.24) is 0 Å². The zero-order valence-corrected chi connectivity index (χ0v) is 15.2. The molecular weight excluding hydrogens is 326 g/mol. The number of fused-ring (bicyclic) bond motifs is 1. The Morgan fingerprint density at radius 1 is 0.962 bits per heavy atom. The Labute approximate surface area is 153 Å². The molecule has 134 valence electrons. The number of benzene rings is 3. The van der Waals surface area contributed by atoms with E-state index < -0.39 is 17.5 Å². The molecule has 0 saturated heterocycles. The first-order valence-corrected chi connectivity index (χ1v) is 8.54. The lowest BCUT2D eigenvalue weighted by molar-refractivity contribution is -0.157. The van der Waals surface area contributed by atoms with Crippen LogP contribution in [0, 0.1) is 5.41 Å². The maximum Gasteiger partial charge on any atom is 0.314 e. The predicted octanol–water partition coefficient (Wildman–Crippen LogP) is 4.82. The molecule has 0 spiro atoms. The summed E-state index contributed by atoms with van der Waals surface area (Å²) in [5.41, 5.74) is 1.56. The molecule has 4 nitrogen and oxygen atoms in total. The number of hydrogen-bond donors (Lipinski definition) is 2. The number of methoxy groups -OCH3 is 1. The SMILES string of the molecule is COC(=O)C(C)(C)C(O)c1ccc(Nc2ccc3ccccc3c2)cc1. The van der Waals surface area contributed by atoms with Crippen molar-refractivity contribution in [3.8, 4) is 0 Å². The molecule has 1 unspecified atom stereocenters. The van der Waals surface area contributed by atoms with Gasteiger partial charge in [-0.05, 0) is 54.4 Å². The molecule has 3 rings (SSSR count). The molecule has 0 aromatic heterocycles. The number of aliphatic hydroxyl groups excluding tert-OH is 1. The number of aliphatic hydroxyl groups is 1. The van der Waals surface area contributed by atoms with Gasteiger partial charge in [0.2, 0.25) is 0 Å². The minimum absolute atomic E-state index is 0.441. The van der Waals surface area contributed by atoms with Gasteiger partial charge in [0.25, 0.3) is 0 Å². The predicted molar refractivity (Wildman–Crippen MR) is 104 cm³/mol. The fourth-order valence-electron chi connectivity index (χ4n) is 2.97. The molecule has 0 aliphatic heterocycles. The third-order valence-corrected chi connectivity index (χ3v) is 4.66. The van der Waals surface area contributed by atoms with Crippen LogP contribution in [0.15, 0.2) is 66.7 Å². The molecule has 0 fully saturated rings. The largest absolute Gasteiger partial charge is 0.469 e. The molecule has 3 aromatic rings. The second kappa shape index (κ2) is 7.18. The Bertz CT molecular complexity index is 916. The molecule has 0 heterocycles. The van der Waals surface area contributed by atoms with Crippen molar-refractivity contribution in [2.24, 2.45) is 5.41 Å². The molecule has 0 aliphatic rings. The van der Waals surface area contributed by atoms with E-state index in [-0.39, 0.29) is 0 Å². The van der Waals surface area contributed by atoms with Gasteiger partial charge in [-0.15, -0.1) is 0 Å². The Kier molecular flexibility index (Phi) is 4.96. The summed E-state index contributed by atoms with van der Waals surface area (Å²) in [5.74, 6) is -0.441. The normalized spacial score (nSPS) is 12.6. The number of carbonyl (C=O) groups is 1. The van der Waals surface area contributed by atoms with Crippen LogP contribution < -0.4 is 5.32 Å². The van der Waals surface area contributed by atoms with Crippen LogP contribution in [0.1, 0.15) is 25.5 Å². The van der Waals surface area contributed by atoms with Crippen molar-refractivity contribution in [3.63, 3.8) is 0 Å². The van der Waals surface area contributed by atoms with Gasteiger partial charge in [-0.25, -0.2) is 0 Å². The monoisotopic (exact) mass is 349 g/mol. The van der Waals surface area contributed by atoms with E-state index in [1.807, 2.05) is 42.5 Å². The second-order valence-corrected chi connectivity index (χ2v) is 6.92. The maximum atomic E-state index is 11.9. The number of hydrogen-bond acceptors (Lipinski definition) is 4. The lowest BCUT2D eigenvalue weighted by atomic mass is 9.82. The van der Waals surface area contributed by atoms with Gasteiger partial charge in [0.15, 0.2) is 0 Å². The van der Waals surface area contributed by atoms with Gasteiger partial charge < -0.3 is 15.2 Å². The highest BCUT2D eigenvalue weighted by molar-refractivity contribution is 5.86. The number of esters is 1. The van der Waals surface area contributed by atoms with E-state index in [0.717, 1.165) is 11.4 Å². The smallest absolute Gasteiger partial charge is 0.314 e. The first kappa shape index (κ1) is 18.0. The van der Waals surface area contributed by atoms with Crippen molar-refractivity contribution >= 4 is 28.1 Å². The number of carbonyl (C=O) groups excluding carboxylic acids is 1. The van der Waals surface area contributed by atoms with Crippen molar-refractivity contribution in [2.45, 2.75) is 20.0 Å². The molecule has 0 bridgehead atoms. The minimum atomic E-state index is -1.01. The van der Waals surface area contributed by atoms with Crippen LogP contribution in [0.4, 0.5) is 11.4 Å². The van der Waals surface area contributed by atoms with Gasteiger partial charge >= 0.3 is 5.97 Å². The highest BCUT2D eigenvalue weighted by atomic mass is 16.5. The minimum Gasteiger partial charge on any atom is -0.469 e. The highest BCUT2D eigenvalue weighted by Crippen LogP contribution is 2.35. The summed E-state index contributed by atoms with van der Waals surface area (Å²) in [5, 5.41) is 16.3. The summed E-state index contributed by atoms with van der Waals surface area (Å²) in [6, 6.07) is 21.8. The van der Waals surface area contributed by atoms with Crippen LogP contribution >= 0.6 is 0 Å². The lowest BCUT2D eigenvalue weighted by Gasteiger charge is -2.27. The van der Waals surface area contributed by atoms with Gasteiger partial charge in [0, 0.05) is 11.4 Å². The Balaban J connectivity index is 1.77. The second-order valence-electron chi connectivity index (χ2n) is 6.92. The molecule has 26 heavy (non-hydrogen) atoms. The summed E-state index contributed by atoms with van der Waals surface area (Å²) < 4.78 is 4.78. The number of ether oxygens (including phenoxy) is 1. The van der Waals surface area contributed by atoms with Gasteiger partial charge in [-0.3, -0.25) is 4.79 Å². The Morgan fingerprint density at radius 2 is 1.58 bits per heavy atom. The van der Waals surface area contributed by atoms with E-state index in [2.05, 4.69) is 29.6 Å². The van der Waals surface area contributed by atoms with Crippen molar-refractivity contribution in [1.29, 1.82) is 0 Å². The summed E-state index contributed by atoms with van der Waals surface area (Å²) >= 11 is 0. The van der Waals surface area contributed by atoms with Crippen LogP contribution in [-0.2, 0) is 9.53 Å². The van der Waals surface area contributed by atoms with Crippen LogP contribution in [0.25, 0.3) is 10.8 Å². The Hall–Kier alpha value is -2.85. The van der Waals surface area contributed by atoms with Crippen molar-refractivity contribution in [3.05, 3.63) is 72.3 Å². The van der Waals surface area contributed by atoms with E-state index in [9.17, 15) is 9.90 Å². The molecule has 1 atom stereocenters. The zero-order valence-electron chi connectivity index (χ0n) is 15.2. The van der Waals surface area contributed by atoms with E-state index in [0.29, 0.717) is 5.56 Å². The molecule has 0 radical (unpaired) electrons. The highest BCUT2D eigenvalue weighted by Gasteiger charge is 2.37. The number of rotatable bonds is 5. The van der Waals surface area contributed by atoms with Gasteiger partial charge in [-0.2, -0.15) is 0 Å². The van der Waals surface area contributed by atoms with Crippen molar-refractivity contribution < 1.29 is 14.6 Å².